The average Bonchev–Trinajstić information content (AvgIpc) is 2.74. The molecule has 0 bridgehead atoms. The highest BCUT2D eigenvalue weighted by molar-refractivity contribution is 4.89. The molecule has 1 N–H and O–H groups in total. The van der Waals surface area contributed by atoms with Crippen LogP contribution in [-0.4, -0.2) is 56.0 Å². The number of rotatable bonds is 5. The van der Waals surface area contributed by atoms with Gasteiger partial charge in [0.2, 0.25) is 0 Å². The third-order valence-electron chi connectivity index (χ3n) is 3.77. The van der Waals surface area contributed by atoms with E-state index in [2.05, 4.69) is 15.0 Å². The normalized spacial score (nSPS) is 29.5. The van der Waals surface area contributed by atoms with Crippen LogP contribution < -0.4 is 5.32 Å². The second-order valence-electron chi connectivity index (χ2n) is 5.18. The number of piperidine rings is 1. The smallest absolute Gasteiger partial charge is 0.371 e. The van der Waals surface area contributed by atoms with Gasteiger partial charge in [0, 0.05) is 18.6 Å². The minimum Gasteiger partial charge on any atom is -0.371 e. The summed E-state index contributed by atoms with van der Waals surface area (Å²) in [6.45, 7) is 1.82. The van der Waals surface area contributed by atoms with Crippen molar-refractivity contribution in [2.24, 2.45) is 0 Å². The van der Waals surface area contributed by atoms with Crippen molar-refractivity contribution in [2.75, 3.05) is 32.8 Å². The second-order valence-corrected chi connectivity index (χ2v) is 5.18. The maximum absolute atomic E-state index is 11.8. The summed E-state index contributed by atoms with van der Waals surface area (Å²) in [6, 6.07) is 1.13. The van der Waals surface area contributed by atoms with Gasteiger partial charge in [-0.3, -0.25) is 0 Å². The first kappa shape index (κ1) is 14.1. The van der Waals surface area contributed by atoms with Gasteiger partial charge in [0.15, 0.2) is 0 Å². The monoisotopic (exact) mass is 266 g/mol. The molecule has 2 rings (SSSR count). The summed E-state index contributed by atoms with van der Waals surface area (Å²) >= 11 is 0. The lowest BCUT2D eigenvalue weighted by Crippen LogP contribution is -2.46. The summed E-state index contributed by atoms with van der Waals surface area (Å²) in [6.07, 6.45) is 0.555. The summed E-state index contributed by atoms with van der Waals surface area (Å²) in [5.41, 5.74) is 0. The number of hydrogen-bond acceptors (Lipinski definition) is 3. The molecule has 3 nitrogen and oxygen atoms in total. The molecule has 0 aromatic heterocycles. The predicted octanol–water partition coefficient (Wildman–Crippen LogP) is 1.78. The third-order valence-corrected chi connectivity index (χ3v) is 3.77. The van der Waals surface area contributed by atoms with Crippen LogP contribution in [0, 0.1) is 0 Å². The van der Waals surface area contributed by atoms with Gasteiger partial charge in [-0.25, -0.2) is 0 Å². The molecule has 0 radical (unpaired) electrons. The van der Waals surface area contributed by atoms with E-state index in [0.717, 1.165) is 19.4 Å². The van der Waals surface area contributed by atoms with Crippen LogP contribution in [0.5, 0.6) is 0 Å². The van der Waals surface area contributed by atoms with E-state index >= 15 is 0 Å². The Balaban J connectivity index is 1.54. The summed E-state index contributed by atoms with van der Waals surface area (Å²) in [7, 11) is 0. The zero-order valence-electron chi connectivity index (χ0n) is 10.5. The molecule has 2 aliphatic heterocycles. The Kier molecular flexibility index (Phi) is 4.86. The van der Waals surface area contributed by atoms with Crippen LogP contribution in [0.2, 0.25) is 0 Å². The lowest BCUT2D eigenvalue weighted by Gasteiger charge is -2.35. The quantitative estimate of drug-likeness (QED) is 0.768. The van der Waals surface area contributed by atoms with Crippen LogP contribution in [0.25, 0.3) is 0 Å². The van der Waals surface area contributed by atoms with Crippen LogP contribution in [0.1, 0.15) is 25.7 Å². The van der Waals surface area contributed by atoms with Crippen molar-refractivity contribution < 1.29 is 17.9 Å². The fourth-order valence-corrected chi connectivity index (χ4v) is 2.93. The Hall–Kier alpha value is -0.330. The summed E-state index contributed by atoms with van der Waals surface area (Å²) in [5.74, 6) is 0. The first-order valence-electron chi connectivity index (χ1n) is 6.66. The first-order valence-corrected chi connectivity index (χ1v) is 6.66. The van der Waals surface area contributed by atoms with Crippen LogP contribution in [-0.2, 0) is 4.74 Å². The molecule has 2 atom stereocenters. The topological polar surface area (TPSA) is 24.5 Å². The molecule has 18 heavy (non-hydrogen) atoms. The molecule has 2 fully saturated rings. The highest BCUT2D eigenvalue weighted by Gasteiger charge is 2.31. The van der Waals surface area contributed by atoms with Crippen LogP contribution in [0.15, 0.2) is 0 Å². The zero-order valence-corrected chi connectivity index (χ0v) is 10.5. The van der Waals surface area contributed by atoms with Crippen molar-refractivity contribution in [3.8, 4) is 0 Å². The number of nitrogens with one attached hydrogen (secondary N) is 1. The summed E-state index contributed by atoms with van der Waals surface area (Å²) < 4.78 is 40.1. The molecule has 0 amide bonds. The third kappa shape index (κ3) is 4.40. The Morgan fingerprint density at radius 2 is 2.06 bits per heavy atom. The number of fused-ring (bicyclic) bond motifs is 1. The molecule has 2 unspecified atom stereocenters. The van der Waals surface area contributed by atoms with Gasteiger partial charge in [0.25, 0.3) is 0 Å². The van der Waals surface area contributed by atoms with E-state index in [4.69, 9.17) is 0 Å². The highest BCUT2D eigenvalue weighted by Crippen LogP contribution is 2.26. The number of hydrogen-bond donors (Lipinski definition) is 1. The van der Waals surface area contributed by atoms with E-state index < -0.39 is 12.8 Å². The molecule has 0 saturated carbocycles. The lowest BCUT2D eigenvalue weighted by atomic mass is 9.98. The van der Waals surface area contributed by atoms with Gasteiger partial charge in [-0.2, -0.15) is 13.2 Å². The number of ether oxygens (including phenoxy) is 1. The van der Waals surface area contributed by atoms with E-state index in [-0.39, 0.29) is 6.61 Å². The van der Waals surface area contributed by atoms with E-state index in [1.54, 1.807) is 0 Å². The minimum atomic E-state index is -4.21. The van der Waals surface area contributed by atoms with Gasteiger partial charge >= 0.3 is 6.18 Å². The van der Waals surface area contributed by atoms with Crippen molar-refractivity contribution in [1.82, 2.24) is 10.2 Å². The molecule has 2 saturated heterocycles. The van der Waals surface area contributed by atoms with Gasteiger partial charge in [-0.05, 0) is 38.8 Å². The average molecular weight is 266 g/mol. The minimum absolute atomic E-state index is 0.129. The Labute approximate surface area is 106 Å². The van der Waals surface area contributed by atoms with E-state index in [1.165, 1.54) is 19.4 Å². The Morgan fingerprint density at radius 3 is 2.83 bits per heavy atom. The molecule has 0 spiro atoms. The van der Waals surface area contributed by atoms with Crippen LogP contribution in [0.4, 0.5) is 13.2 Å². The Bertz CT molecular complexity index is 260. The number of halogens is 3. The van der Waals surface area contributed by atoms with Gasteiger partial charge in [-0.1, -0.05) is 0 Å². The number of nitrogens with zero attached hydrogens (tertiary/aromatic N) is 1. The van der Waals surface area contributed by atoms with Crippen molar-refractivity contribution >= 4 is 0 Å². The molecule has 106 valence electrons. The molecule has 2 heterocycles. The standard InChI is InChI=1S/C12H21F3N2O/c13-12(14,15)9-18-7-4-16-10-3-6-17-5-1-2-11(17)8-10/h10-11,16H,1-9H2. The largest absolute Gasteiger partial charge is 0.411 e. The lowest BCUT2D eigenvalue weighted by molar-refractivity contribution is -0.173. The van der Waals surface area contributed by atoms with Crippen molar-refractivity contribution in [3.63, 3.8) is 0 Å². The molecular formula is C12H21F3N2O. The maximum Gasteiger partial charge on any atom is 0.411 e. The van der Waals surface area contributed by atoms with Crippen molar-refractivity contribution in [1.29, 1.82) is 0 Å². The fourth-order valence-electron chi connectivity index (χ4n) is 2.93. The van der Waals surface area contributed by atoms with E-state index in [0.29, 0.717) is 18.6 Å². The van der Waals surface area contributed by atoms with E-state index in [1.807, 2.05) is 0 Å². The van der Waals surface area contributed by atoms with Crippen LogP contribution >= 0.6 is 0 Å². The molecule has 2 aliphatic rings. The van der Waals surface area contributed by atoms with E-state index in [9.17, 15) is 13.2 Å². The molecule has 6 heteroatoms. The molecule has 0 aromatic rings. The highest BCUT2D eigenvalue weighted by atomic mass is 19.4. The van der Waals surface area contributed by atoms with Gasteiger partial charge in [-0.15, -0.1) is 0 Å². The molecule has 0 aliphatic carbocycles. The van der Waals surface area contributed by atoms with Crippen molar-refractivity contribution in [3.05, 3.63) is 0 Å². The summed E-state index contributed by atoms with van der Waals surface area (Å²) in [4.78, 5) is 2.53. The summed E-state index contributed by atoms with van der Waals surface area (Å²) in [5, 5.41) is 3.30. The van der Waals surface area contributed by atoms with Gasteiger partial charge < -0.3 is 15.0 Å². The van der Waals surface area contributed by atoms with Gasteiger partial charge in [0.1, 0.15) is 6.61 Å². The fraction of sp³-hybridized carbons (Fsp3) is 1.00. The SMILES string of the molecule is FC(F)(F)COCCNC1CCN2CCCC2C1. The first-order chi connectivity index (χ1) is 8.54. The van der Waals surface area contributed by atoms with Crippen LogP contribution in [0.3, 0.4) is 0 Å². The zero-order chi connectivity index (χ0) is 13.0. The Morgan fingerprint density at radius 1 is 1.22 bits per heavy atom. The van der Waals surface area contributed by atoms with Crippen molar-refractivity contribution in [2.45, 2.75) is 43.9 Å². The molecule has 0 aromatic carbocycles. The number of alkyl halides is 3. The maximum atomic E-state index is 11.8. The van der Waals surface area contributed by atoms with Gasteiger partial charge in [0.05, 0.1) is 6.61 Å². The predicted molar refractivity (Wildman–Crippen MR) is 62.5 cm³/mol. The second kappa shape index (κ2) is 6.21. The molecular weight excluding hydrogens is 245 g/mol.